The fourth-order valence-electron chi connectivity index (χ4n) is 1.80. The number of nitrogens with one attached hydrogen (secondary N) is 1. The summed E-state index contributed by atoms with van der Waals surface area (Å²) in [7, 11) is 1.42. The van der Waals surface area contributed by atoms with E-state index < -0.39 is 0 Å². The van der Waals surface area contributed by atoms with E-state index in [0.717, 1.165) is 18.5 Å². The van der Waals surface area contributed by atoms with E-state index in [2.05, 4.69) is 29.1 Å². The maximum atomic E-state index is 11.2. The van der Waals surface area contributed by atoms with Gasteiger partial charge in [-0.15, -0.1) is 0 Å². The lowest BCUT2D eigenvalue weighted by Gasteiger charge is -2.17. The van der Waals surface area contributed by atoms with Crippen LogP contribution in [0.3, 0.4) is 0 Å². The zero-order valence-corrected chi connectivity index (χ0v) is 10.8. The number of para-hydroxylation sites is 1. The smallest absolute Gasteiger partial charge is 0.307 e. The molecule has 1 atom stereocenters. The minimum atomic E-state index is -0.182. The highest BCUT2D eigenvalue weighted by Gasteiger charge is 2.10. The van der Waals surface area contributed by atoms with Crippen molar-refractivity contribution in [3.8, 4) is 0 Å². The molecule has 0 amide bonds. The number of aryl methyl sites for hydroxylation is 1. The minimum absolute atomic E-state index is 0.0838. The van der Waals surface area contributed by atoms with Crippen LogP contribution in [-0.4, -0.2) is 19.1 Å². The molecule has 3 nitrogen and oxygen atoms in total. The summed E-state index contributed by atoms with van der Waals surface area (Å²) in [5.74, 6) is -0.182. The SMILES string of the molecule is CCCc1ccccc1NC(C)CC(=O)OC. The van der Waals surface area contributed by atoms with Gasteiger partial charge in [0, 0.05) is 11.7 Å². The van der Waals surface area contributed by atoms with Gasteiger partial charge >= 0.3 is 5.97 Å². The van der Waals surface area contributed by atoms with Gasteiger partial charge in [0.25, 0.3) is 0 Å². The third kappa shape index (κ3) is 4.47. The zero-order chi connectivity index (χ0) is 12.7. The van der Waals surface area contributed by atoms with Crippen LogP contribution in [0.1, 0.15) is 32.3 Å². The molecule has 1 N–H and O–H groups in total. The topological polar surface area (TPSA) is 38.3 Å². The van der Waals surface area contributed by atoms with Crippen LogP contribution in [0, 0.1) is 0 Å². The highest BCUT2D eigenvalue weighted by Crippen LogP contribution is 2.18. The molecule has 0 aliphatic heterocycles. The van der Waals surface area contributed by atoms with Crippen LogP contribution in [0.2, 0.25) is 0 Å². The fraction of sp³-hybridized carbons (Fsp3) is 0.500. The first-order valence-electron chi connectivity index (χ1n) is 6.08. The summed E-state index contributed by atoms with van der Waals surface area (Å²) < 4.78 is 4.66. The Labute approximate surface area is 103 Å². The van der Waals surface area contributed by atoms with Crippen molar-refractivity contribution >= 4 is 11.7 Å². The van der Waals surface area contributed by atoms with Gasteiger partial charge in [0.15, 0.2) is 0 Å². The normalized spacial score (nSPS) is 11.9. The van der Waals surface area contributed by atoms with Gasteiger partial charge in [-0.3, -0.25) is 4.79 Å². The molecular formula is C14H21NO2. The second-order valence-corrected chi connectivity index (χ2v) is 4.23. The van der Waals surface area contributed by atoms with Gasteiger partial charge < -0.3 is 10.1 Å². The predicted molar refractivity (Wildman–Crippen MR) is 70.2 cm³/mol. The predicted octanol–water partition coefficient (Wildman–Crippen LogP) is 3.00. The van der Waals surface area contributed by atoms with E-state index >= 15 is 0 Å². The first kappa shape index (κ1) is 13.6. The van der Waals surface area contributed by atoms with Crippen LogP contribution < -0.4 is 5.32 Å². The van der Waals surface area contributed by atoms with Gasteiger partial charge in [-0.2, -0.15) is 0 Å². The Hall–Kier alpha value is -1.51. The molecule has 0 aliphatic carbocycles. The lowest BCUT2D eigenvalue weighted by molar-refractivity contribution is -0.140. The van der Waals surface area contributed by atoms with E-state index in [1.54, 1.807) is 0 Å². The van der Waals surface area contributed by atoms with Gasteiger partial charge in [-0.1, -0.05) is 31.5 Å². The molecule has 17 heavy (non-hydrogen) atoms. The second kappa shape index (κ2) is 6.94. The number of carbonyl (C=O) groups is 1. The number of hydrogen-bond acceptors (Lipinski definition) is 3. The summed E-state index contributed by atoms with van der Waals surface area (Å²) in [6, 6.07) is 8.31. The van der Waals surface area contributed by atoms with E-state index in [4.69, 9.17) is 0 Å². The summed E-state index contributed by atoms with van der Waals surface area (Å²) >= 11 is 0. The maximum Gasteiger partial charge on any atom is 0.307 e. The molecule has 1 aromatic carbocycles. The van der Waals surface area contributed by atoms with Crippen LogP contribution in [0.4, 0.5) is 5.69 Å². The number of benzene rings is 1. The number of rotatable bonds is 6. The Kier molecular flexibility index (Phi) is 5.53. The average molecular weight is 235 g/mol. The summed E-state index contributed by atoms with van der Waals surface area (Å²) in [5, 5.41) is 3.36. The molecule has 0 aliphatic rings. The van der Waals surface area contributed by atoms with Gasteiger partial charge in [-0.05, 0) is 25.0 Å². The Morgan fingerprint density at radius 3 is 2.76 bits per heavy atom. The van der Waals surface area contributed by atoms with Crippen molar-refractivity contribution in [3.05, 3.63) is 29.8 Å². The molecule has 0 heterocycles. The Morgan fingerprint density at radius 1 is 1.41 bits per heavy atom. The standard InChI is InChI=1S/C14H21NO2/c1-4-7-12-8-5-6-9-13(12)15-11(2)10-14(16)17-3/h5-6,8-9,11,15H,4,7,10H2,1-3H3. The lowest BCUT2D eigenvalue weighted by atomic mass is 10.1. The number of ether oxygens (including phenoxy) is 1. The number of methoxy groups -OCH3 is 1. The van der Waals surface area contributed by atoms with Crippen LogP contribution in [0.25, 0.3) is 0 Å². The second-order valence-electron chi connectivity index (χ2n) is 4.23. The van der Waals surface area contributed by atoms with Crippen LogP contribution >= 0.6 is 0 Å². The molecule has 3 heteroatoms. The summed E-state index contributed by atoms with van der Waals surface area (Å²) in [6.45, 7) is 4.15. The lowest BCUT2D eigenvalue weighted by Crippen LogP contribution is -2.21. The van der Waals surface area contributed by atoms with Gasteiger partial charge in [-0.25, -0.2) is 0 Å². The highest BCUT2D eigenvalue weighted by molar-refractivity contribution is 5.70. The molecule has 1 aromatic rings. The highest BCUT2D eigenvalue weighted by atomic mass is 16.5. The number of anilines is 1. The molecule has 0 spiro atoms. The Bertz CT molecular complexity index is 363. The Balaban J connectivity index is 2.63. The number of esters is 1. The molecule has 1 unspecified atom stereocenters. The van der Waals surface area contributed by atoms with Crippen molar-refractivity contribution in [1.29, 1.82) is 0 Å². The number of carbonyl (C=O) groups excluding carboxylic acids is 1. The summed E-state index contributed by atoms with van der Waals surface area (Å²) in [5.41, 5.74) is 2.41. The minimum Gasteiger partial charge on any atom is -0.469 e. The summed E-state index contributed by atoms with van der Waals surface area (Å²) in [4.78, 5) is 11.2. The average Bonchev–Trinajstić information content (AvgIpc) is 2.31. The van der Waals surface area contributed by atoms with E-state index in [1.807, 2.05) is 19.1 Å². The monoisotopic (exact) mass is 235 g/mol. The fourth-order valence-corrected chi connectivity index (χ4v) is 1.80. The van der Waals surface area contributed by atoms with Gasteiger partial charge in [0.05, 0.1) is 13.5 Å². The molecule has 0 aromatic heterocycles. The van der Waals surface area contributed by atoms with Crippen molar-refractivity contribution in [2.75, 3.05) is 12.4 Å². The molecule has 0 bridgehead atoms. The molecule has 1 rings (SSSR count). The third-order valence-electron chi connectivity index (χ3n) is 2.64. The molecule has 94 valence electrons. The van der Waals surface area contributed by atoms with E-state index in [0.29, 0.717) is 6.42 Å². The first-order chi connectivity index (χ1) is 8.17. The van der Waals surface area contributed by atoms with Crippen LogP contribution in [0.5, 0.6) is 0 Å². The Morgan fingerprint density at radius 2 is 2.12 bits per heavy atom. The van der Waals surface area contributed by atoms with Crippen LogP contribution in [0.15, 0.2) is 24.3 Å². The third-order valence-corrected chi connectivity index (χ3v) is 2.64. The van der Waals surface area contributed by atoms with Crippen molar-refractivity contribution in [2.45, 2.75) is 39.2 Å². The molecule has 0 fully saturated rings. The van der Waals surface area contributed by atoms with Crippen LogP contribution in [-0.2, 0) is 16.0 Å². The number of hydrogen-bond donors (Lipinski definition) is 1. The largest absolute Gasteiger partial charge is 0.469 e. The first-order valence-corrected chi connectivity index (χ1v) is 6.08. The van der Waals surface area contributed by atoms with Crippen molar-refractivity contribution in [1.82, 2.24) is 0 Å². The zero-order valence-electron chi connectivity index (χ0n) is 10.8. The van der Waals surface area contributed by atoms with E-state index in [1.165, 1.54) is 12.7 Å². The molecule has 0 saturated carbocycles. The van der Waals surface area contributed by atoms with Gasteiger partial charge in [0.1, 0.15) is 0 Å². The quantitative estimate of drug-likeness (QED) is 0.770. The van der Waals surface area contributed by atoms with E-state index in [9.17, 15) is 4.79 Å². The molecule has 0 radical (unpaired) electrons. The molecule has 0 saturated heterocycles. The van der Waals surface area contributed by atoms with Crippen molar-refractivity contribution in [2.24, 2.45) is 0 Å². The maximum absolute atomic E-state index is 11.2. The summed E-state index contributed by atoms with van der Waals surface area (Å²) in [6.07, 6.45) is 2.55. The van der Waals surface area contributed by atoms with Gasteiger partial charge in [0.2, 0.25) is 0 Å². The molecular weight excluding hydrogens is 214 g/mol. The van der Waals surface area contributed by atoms with Crippen molar-refractivity contribution in [3.63, 3.8) is 0 Å². The van der Waals surface area contributed by atoms with E-state index in [-0.39, 0.29) is 12.0 Å². The van der Waals surface area contributed by atoms with Crippen molar-refractivity contribution < 1.29 is 9.53 Å².